The van der Waals surface area contributed by atoms with Crippen molar-refractivity contribution in [2.24, 2.45) is 0 Å². The molecule has 5 nitrogen and oxygen atoms in total. The highest BCUT2D eigenvalue weighted by Gasteiger charge is 2.31. The Hall–Kier alpha value is -1.94. The number of hydroxylamine groups is 1. The summed E-state index contributed by atoms with van der Waals surface area (Å²) in [6, 6.07) is 18.8. The predicted octanol–water partition coefficient (Wildman–Crippen LogP) is 2.32. The van der Waals surface area contributed by atoms with Crippen molar-refractivity contribution in [2.45, 2.75) is 18.7 Å². The lowest BCUT2D eigenvalue weighted by Gasteiger charge is -2.25. The van der Waals surface area contributed by atoms with Crippen LogP contribution in [0.2, 0.25) is 0 Å². The molecule has 0 radical (unpaired) electrons. The quantitative estimate of drug-likeness (QED) is 0.413. The van der Waals surface area contributed by atoms with Gasteiger partial charge in [-0.3, -0.25) is 10.0 Å². The zero-order valence-corrected chi connectivity index (χ0v) is 13.9. The first-order valence-electron chi connectivity index (χ1n) is 7.37. The van der Waals surface area contributed by atoms with Crippen LogP contribution >= 0.6 is 7.14 Å². The van der Waals surface area contributed by atoms with E-state index in [0.29, 0.717) is 11.8 Å². The maximum absolute atomic E-state index is 13.3. The van der Waals surface area contributed by atoms with Crippen LogP contribution in [-0.4, -0.2) is 23.6 Å². The maximum atomic E-state index is 13.3. The third-order valence-corrected chi connectivity index (χ3v) is 6.63. The van der Waals surface area contributed by atoms with Crippen molar-refractivity contribution in [2.75, 3.05) is 6.66 Å². The molecule has 0 spiro atoms. The van der Waals surface area contributed by atoms with Crippen LogP contribution in [0.5, 0.6) is 0 Å². The van der Waals surface area contributed by atoms with Crippen molar-refractivity contribution < 1.29 is 14.6 Å². The Morgan fingerprint density at radius 3 is 2.22 bits per heavy atom. The highest BCUT2D eigenvalue weighted by atomic mass is 31.2. The van der Waals surface area contributed by atoms with Gasteiger partial charge >= 0.3 is 0 Å². The molecular formula is C17H21N2O3P. The Bertz CT molecular complexity index is 677. The SMILES string of the molecule is CP(=O)(c1ccccc1)[C@H](CC(=O)NO)NCc1ccccc1. The average Bonchev–Trinajstić information content (AvgIpc) is 2.59. The molecule has 1 unspecified atom stereocenters. The van der Waals surface area contributed by atoms with Crippen LogP contribution in [0.1, 0.15) is 12.0 Å². The van der Waals surface area contributed by atoms with Gasteiger partial charge in [0.05, 0.1) is 12.2 Å². The van der Waals surface area contributed by atoms with Crippen LogP contribution in [-0.2, 0) is 15.9 Å². The van der Waals surface area contributed by atoms with Crippen molar-refractivity contribution in [3.8, 4) is 0 Å². The van der Waals surface area contributed by atoms with Crippen molar-refractivity contribution in [1.29, 1.82) is 0 Å². The maximum Gasteiger partial charge on any atom is 0.245 e. The molecular weight excluding hydrogens is 311 g/mol. The minimum atomic E-state index is -2.84. The smallest absolute Gasteiger partial charge is 0.245 e. The lowest BCUT2D eigenvalue weighted by atomic mass is 10.2. The second-order valence-corrected chi connectivity index (χ2v) is 8.57. The normalized spacial score (nSPS) is 14.7. The van der Waals surface area contributed by atoms with Crippen molar-refractivity contribution >= 4 is 18.4 Å². The highest BCUT2D eigenvalue weighted by molar-refractivity contribution is 7.71. The van der Waals surface area contributed by atoms with E-state index in [-0.39, 0.29) is 6.42 Å². The van der Waals surface area contributed by atoms with Gasteiger partial charge in [-0.25, -0.2) is 5.48 Å². The van der Waals surface area contributed by atoms with Crippen molar-refractivity contribution in [1.82, 2.24) is 10.8 Å². The molecule has 2 rings (SSSR count). The molecule has 0 bridgehead atoms. The first-order chi connectivity index (χ1) is 11.0. The number of carbonyl (C=O) groups is 1. The van der Waals surface area contributed by atoms with Gasteiger partial charge in [-0.2, -0.15) is 0 Å². The number of rotatable bonds is 7. The van der Waals surface area contributed by atoms with E-state index in [1.165, 1.54) is 0 Å². The molecule has 0 saturated heterocycles. The molecule has 0 aromatic heterocycles. The third kappa shape index (κ3) is 4.76. The van der Waals surface area contributed by atoms with Gasteiger partial charge in [-0.15, -0.1) is 0 Å². The third-order valence-electron chi connectivity index (χ3n) is 3.75. The zero-order chi connectivity index (χ0) is 16.7. The van der Waals surface area contributed by atoms with Gasteiger partial charge in [0.25, 0.3) is 0 Å². The van der Waals surface area contributed by atoms with E-state index in [9.17, 15) is 9.36 Å². The van der Waals surface area contributed by atoms with E-state index in [4.69, 9.17) is 5.21 Å². The second-order valence-electron chi connectivity index (χ2n) is 5.45. The lowest BCUT2D eigenvalue weighted by Crippen LogP contribution is -2.36. The summed E-state index contributed by atoms with van der Waals surface area (Å²) < 4.78 is 13.3. The molecule has 2 aromatic carbocycles. The van der Waals surface area contributed by atoms with Crippen LogP contribution in [0.25, 0.3) is 0 Å². The van der Waals surface area contributed by atoms with Crippen molar-refractivity contribution in [3.05, 3.63) is 66.2 Å². The highest BCUT2D eigenvalue weighted by Crippen LogP contribution is 2.45. The van der Waals surface area contributed by atoms with Gasteiger partial charge in [0, 0.05) is 11.8 Å². The minimum Gasteiger partial charge on any atom is -0.317 e. The van der Waals surface area contributed by atoms with Crippen LogP contribution in [0, 0.1) is 0 Å². The Morgan fingerprint density at radius 2 is 1.65 bits per heavy atom. The van der Waals surface area contributed by atoms with E-state index in [1.54, 1.807) is 24.3 Å². The summed E-state index contributed by atoms with van der Waals surface area (Å²) in [6.07, 6.45) is -0.0635. The van der Waals surface area contributed by atoms with E-state index in [1.807, 2.05) is 48.5 Å². The summed E-state index contributed by atoms with van der Waals surface area (Å²) in [5.74, 6) is -1.12. The summed E-state index contributed by atoms with van der Waals surface area (Å²) in [7, 11) is -2.84. The fraction of sp³-hybridized carbons (Fsp3) is 0.235. The molecule has 0 heterocycles. The van der Waals surface area contributed by atoms with Crippen LogP contribution in [0.15, 0.2) is 60.7 Å². The molecule has 0 aliphatic heterocycles. The van der Waals surface area contributed by atoms with Crippen LogP contribution in [0.3, 0.4) is 0 Å². The van der Waals surface area contributed by atoms with Crippen LogP contribution < -0.4 is 16.1 Å². The molecule has 3 N–H and O–H groups in total. The molecule has 1 amide bonds. The number of nitrogens with one attached hydrogen (secondary N) is 2. The number of carbonyl (C=O) groups excluding carboxylic acids is 1. The summed E-state index contributed by atoms with van der Waals surface area (Å²) in [5.41, 5.74) is 2.65. The number of hydrogen-bond donors (Lipinski definition) is 3. The topological polar surface area (TPSA) is 78.4 Å². The number of benzene rings is 2. The van der Waals surface area contributed by atoms with Crippen molar-refractivity contribution in [3.63, 3.8) is 0 Å². The Kier molecular flexibility index (Phi) is 6.11. The summed E-state index contributed by atoms with van der Waals surface area (Å²) in [6.45, 7) is 2.16. The van der Waals surface area contributed by atoms with E-state index < -0.39 is 18.8 Å². The lowest BCUT2D eigenvalue weighted by molar-refractivity contribution is -0.129. The van der Waals surface area contributed by atoms with Crippen LogP contribution in [0.4, 0.5) is 0 Å². The van der Waals surface area contributed by atoms with Gasteiger partial charge in [-0.05, 0) is 12.2 Å². The molecule has 2 atom stereocenters. The molecule has 0 fully saturated rings. The standard InChI is InChI=1S/C17H21N2O3P/c1-23(22,15-10-6-3-7-11-15)17(12-16(20)19-21)18-13-14-8-4-2-5-9-14/h2-11,17-18,21H,12-13H2,1H3,(H,19,20)/t17-,23?/m1/s1. The molecule has 122 valence electrons. The Balaban J connectivity index is 2.19. The fourth-order valence-electron chi connectivity index (χ4n) is 2.38. The Labute approximate surface area is 136 Å². The molecule has 6 heteroatoms. The van der Waals surface area contributed by atoms with Gasteiger partial charge < -0.3 is 9.88 Å². The molecule has 0 aliphatic carbocycles. The zero-order valence-electron chi connectivity index (χ0n) is 13.0. The fourth-order valence-corrected chi connectivity index (χ4v) is 4.46. The van der Waals surface area contributed by atoms with Gasteiger partial charge in [0.15, 0.2) is 0 Å². The van der Waals surface area contributed by atoms with Gasteiger partial charge in [0.2, 0.25) is 5.91 Å². The molecule has 23 heavy (non-hydrogen) atoms. The molecule has 0 aliphatic rings. The summed E-state index contributed by atoms with van der Waals surface area (Å²) in [4.78, 5) is 11.6. The second kappa shape index (κ2) is 8.06. The van der Waals surface area contributed by atoms with E-state index in [2.05, 4.69) is 5.32 Å². The predicted molar refractivity (Wildman–Crippen MR) is 91.2 cm³/mol. The summed E-state index contributed by atoms with van der Waals surface area (Å²) in [5, 5.41) is 12.7. The molecule has 0 saturated carbocycles. The van der Waals surface area contributed by atoms with Gasteiger partial charge in [0.1, 0.15) is 7.14 Å². The largest absolute Gasteiger partial charge is 0.317 e. The first kappa shape index (κ1) is 17.4. The number of hydrogen-bond acceptors (Lipinski definition) is 4. The van der Waals surface area contributed by atoms with Gasteiger partial charge in [-0.1, -0.05) is 60.7 Å². The Morgan fingerprint density at radius 1 is 1.09 bits per heavy atom. The monoisotopic (exact) mass is 332 g/mol. The average molecular weight is 332 g/mol. The minimum absolute atomic E-state index is 0.0635. The van der Waals surface area contributed by atoms with E-state index >= 15 is 0 Å². The summed E-state index contributed by atoms with van der Waals surface area (Å²) >= 11 is 0. The van der Waals surface area contributed by atoms with E-state index in [0.717, 1.165) is 5.56 Å². The number of amides is 1. The molecule has 2 aromatic rings. The first-order valence-corrected chi connectivity index (χ1v) is 9.59.